The summed E-state index contributed by atoms with van der Waals surface area (Å²) in [5, 5.41) is 2.92. The lowest BCUT2D eigenvalue weighted by Gasteiger charge is -2.28. The number of carbonyl (C=O) groups excluding carboxylic acids is 1. The molecule has 1 fully saturated rings. The molecule has 1 atom stereocenters. The summed E-state index contributed by atoms with van der Waals surface area (Å²) in [7, 11) is 1.58. The van der Waals surface area contributed by atoms with Gasteiger partial charge < -0.3 is 24.4 Å². The Hall–Kier alpha value is -2.73. The van der Waals surface area contributed by atoms with Gasteiger partial charge in [0.05, 0.1) is 20.3 Å². The molecule has 2 aromatic carbocycles. The van der Waals surface area contributed by atoms with Crippen LogP contribution >= 0.6 is 0 Å². The summed E-state index contributed by atoms with van der Waals surface area (Å²) in [6.07, 6.45) is -0.617. The van der Waals surface area contributed by atoms with Gasteiger partial charge in [0, 0.05) is 25.3 Å². The molecule has 1 saturated heterocycles. The highest BCUT2D eigenvalue weighted by atomic mass is 16.5. The molecule has 0 bridgehead atoms. The minimum Gasteiger partial charge on any atom is -0.493 e. The van der Waals surface area contributed by atoms with Crippen LogP contribution < -0.4 is 19.7 Å². The molecular weight excluding hydrogens is 344 g/mol. The molecule has 1 N–H and O–H groups in total. The van der Waals surface area contributed by atoms with Gasteiger partial charge in [0.25, 0.3) is 5.91 Å². The number of anilines is 1. The molecule has 0 spiro atoms. The Balaban J connectivity index is 1.50. The molecule has 27 heavy (non-hydrogen) atoms. The van der Waals surface area contributed by atoms with Gasteiger partial charge in [0.15, 0.2) is 17.6 Å². The number of hydrogen-bond donors (Lipinski definition) is 1. The highest BCUT2D eigenvalue weighted by Gasteiger charge is 2.16. The summed E-state index contributed by atoms with van der Waals surface area (Å²) in [6.45, 7) is 5.54. The lowest BCUT2D eigenvalue weighted by molar-refractivity contribution is -0.127. The molecule has 0 radical (unpaired) electrons. The van der Waals surface area contributed by atoms with Gasteiger partial charge in [-0.25, -0.2) is 0 Å². The van der Waals surface area contributed by atoms with E-state index >= 15 is 0 Å². The molecule has 1 aliphatic heterocycles. The molecule has 144 valence electrons. The van der Waals surface area contributed by atoms with E-state index < -0.39 is 6.10 Å². The van der Waals surface area contributed by atoms with Crippen LogP contribution in [0.5, 0.6) is 11.5 Å². The van der Waals surface area contributed by atoms with E-state index in [0.29, 0.717) is 18.0 Å². The van der Waals surface area contributed by atoms with E-state index in [2.05, 4.69) is 22.3 Å². The van der Waals surface area contributed by atoms with Crippen LogP contribution in [0.3, 0.4) is 0 Å². The zero-order chi connectivity index (χ0) is 19.1. The molecule has 1 heterocycles. The first kappa shape index (κ1) is 19.0. The van der Waals surface area contributed by atoms with Crippen LogP contribution in [0.2, 0.25) is 0 Å². The summed E-state index contributed by atoms with van der Waals surface area (Å²) in [6, 6.07) is 15.5. The van der Waals surface area contributed by atoms with E-state index in [1.165, 1.54) is 5.69 Å². The summed E-state index contributed by atoms with van der Waals surface area (Å²) < 4.78 is 16.4. The number of benzene rings is 2. The maximum absolute atomic E-state index is 12.3. The summed E-state index contributed by atoms with van der Waals surface area (Å²) in [4.78, 5) is 14.6. The largest absolute Gasteiger partial charge is 0.493 e. The number of hydrogen-bond acceptors (Lipinski definition) is 5. The molecule has 0 unspecified atom stereocenters. The van der Waals surface area contributed by atoms with E-state index in [4.69, 9.17) is 14.2 Å². The van der Waals surface area contributed by atoms with Crippen molar-refractivity contribution < 1.29 is 19.0 Å². The first-order valence-corrected chi connectivity index (χ1v) is 9.16. The van der Waals surface area contributed by atoms with Crippen LogP contribution in [0.1, 0.15) is 12.5 Å². The minimum atomic E-state index is -0.617. The van der Waals surface area contributed by atoms with Gasteiger partial charge in [-0.05, 0) is 36.8 Å². The van der Waals surface area contributed by atoms with Crippen molar-refractivity contribution in [3.8, 4) is 11.5 Å². The molecule has 6 nitrogen and oxygen atoms in total. The van der Waals surface area contributed by atoms with Crippen molar-refractivity contribution in [3.63, 3.8) is 0 Å². The number of carbonyl (C=O) groups is 1. The molecule has 6 heteroatoms. The average molecular weight is 370 g/mol. The monoisotopic (exact) mass is 370 g/mol. The number of nitrogens with one attached hydrogen (secondary N) is 1. The highest BCUT2D eigenvalue weighted by Crippen LogP contribution is 2.26. The third kappa shape index (κ3) is 5.14. The molecule has 0 aliphatic carbocycles. The van der Waals surface area contributed by atoms with Gasteiger partial charge in [-0.15, -0.1) is 0 Å². The van der Waals surface area contributed by atoms with Gasteiger partial charge in [-0.2, -0.15) is 0 Å². The Labute approximate surface area is 160 Å². The standard InChI is InChI=1S/C21H26N2O4/c1-16(27-20-6-4-3-5-19(20)25-2)21(24)22-15-17-7-9-18(10-8-17)23-11-13-26-14-12-23/h3-10,16H,11-15H2,1-2H3,(H,22,24)/t16-/m0/s1. The Kier molecular flexibility index (Phi) is 6.54. The van der Waals surface area contributed by atoms with Crippen LogP contribution in [0.4, 0.5) is 5.69 Å². The van der Waals surface area contributed by atoms with Crippen molar-refractivity contribution in [2.45, 2.75) is 19.6 Å². The van der Waals surface area contributed by atoms with Crippen LogP contribution in [0.15, 0.2) is 48.5 Å². The smallest absolute Gasteiger partial charge is 0.261 e. The van der Waals surface area contributed by atoms with E-state index in [0.717, 1.165) is 31.9 Å². The van der Waals surface area contributed by atoms with Crippen LogP contribution in [-0.2, 0) is 16.1 Å². The van der Waals surface area contributed by atoms with Crippen LogP contribution in [0.25, 0.3) is 0 Å². The SMILES string of the molecule is COc1ccccc1O[C@@H](C)C(=O)NCc1ccc(N2CCOCC2)cc1. The Morgan fingerprint density at radius 3 is 2.44 bits per heavy atom. The predicted molar refractivity (Wildman–Crippen MR) is 104 cm³/mol. The number of nitrogens with zero attached hydrogens (tertiary/aromatic N) is 1. The van der Waals surface area contributed by atoms with E-state index in [1.54, 1.807) is 26.2 Å². The number of amides is 1. The van der Waals surface area contributed by atoms with Crippen molar-refractivity contribution in [2.24, 2.45) is 0 Å². The topological polar surface area (TPSA) is 60.0 Å². The number of methoxy groups -OCH3 is 1. The van der Waals surface area contributed by atoms with Crippen LogP contribution in [0, 0.1) is 0 Å². The van der Waals surface area contributed by atoms with E-state index in [1.807, 2.05) is 24.3 Å². The third-order valence-electron chi connectivity index (χ3n) is 4.52. The number of morpholine rings is 1. The maximum Gasteiger partial charge on any atom is 0.261 e. The van der Waals surface area contributed by atoms with Gasteiger partial charge in [0.2, 0.25) is 0 Å². The number of rotatable bonds is 7. The third-order valence-corrected chi connectivity index (χ3v) is 4.52. The number of ether oxygens (including phenoxy) is 3. The minimum absolute atomic E-state index is 0.168. The Bertz CT molecular complexity index is 742. The second-order valence-electron chi connectivity index (χ2n) is 6.39. The first-order chi connectivity index (χ1) is 13.2. The van der Waals surface area contributed by atoms with E-state index in [9.17, 15) is 4.79 Å². The fourth-order valence-electron chi connectivity index (χ4n) is 2.94. The molecule has 0 saturated carbocycles. The Morgan fingerprint density at radius 2 is 1.78 bits per heavy atom. The van der Waals surface area contributed by atoms with E-state index in [-0.39, 0.29) is 5.91 Å². The first-order valence-electron chi connectivity index (χ1n) is 9.16. The Morgan fingerprint density at radius 1 is 1.11 bits per heavy atom. The van der Waals surface area contributed by atoms with Crippen molar-refractivity contribution in [2.75, 3.05) is 38.3 Å². The second kappa shape index (κ2) is 9.28. The summed E-state index contributed by atoms with van der Waals surface area (Å²) in [5.74, 6) is 0.992. The lowest BCUT2D eigenvalue weighted by atomic mass is 10.2. The maximum atomic E-state index is 12.3. The fourth-order valence-corrected chi connectivity index (χ4v) is 2.94. The van der Waals surface area contributed by atoms with Gasteiger partial charge >= 0.3 is 0 Å². The average Bonchev–Trinajstić information content (AvgIpc) is 2.73. The normalized spacial score (nSPS) is 15.1. The summed E-state index contributed by atoms with van der Waals surface area (Å²) >= 11 is 0. The predicted octanol–water partition coefficient (Wildman–Crippen LogP) is 2.62. The van der Waals surface area contributed by atoms with Gasteiger partial charge in [-0.3, -0.25) is 4.79 Å². The quantitative estimate of drug-likeness (QED) is 0.812. The van der Waals surface area contributed by atoms with Crippen LogP contribution in [-0.4, -0.2) is 45.4 Å². The molecule has 2 aromatic rings. The van der Waals surface area contributed by atoms with Crippen molar-refractivity contribution >= 4 is 11.6 Å². The van der Waals surface area contributed by atoms with Crippen molar-refractivity contribution in [1.29, 1.82) is 0 Å². The molecule has 3 rings (SSSR count). The van der Waals surface area contributed by atoms with Crippen molar-refractivity contribution in [3.05, 3.63) is 54.1 Å². The molecule has 1 amide bonds. The molecule has 1 aliphatic rings. The molecular formula is C21H26N2O4. The lowest BCUT2D eigenvalue weighted by Crippen LogP contribution is -2.36. The zero-order valence-corrected chi connectivity index (χ0v) is 15.8. The zero-order valence-electron chi connectivity index (χ0n) is 15.8. The fraction of sp³-hybridized carbons (Fsp3) is 0.381. The van der Waals surface area contributed by atoms with Crippen molar-refractivity contribution in [1.82, 2.24) is 5.32 Å². The van der Waals surface area contributed by atoms with Gasteiger partial charge in [-0.1, -0.05) is 24.3 Å². The second-order valence-corrected chi connectivity index (χ2v) is 6.39. The molecule has 0 aromatic heterocycles. The highest BCUT2D eigenvalue weighted by molar-refractivity contribution is 5.80. The summed E-state index contributed by atoms with van der Waals surface area (Å²) in [5.41, 5.74) is 2.23. The van der Waals surface area contributed by atoms with Gasteiger partial charge in [0.1, 0.15) is 0 Å². The number of para-hydroxylation sites is 2.